The van der Waals surface area contributed by atoms with E-state index in [1.54, 1.807) is 26.4 Å². The molecule has 0 aliphatic carbocycles. The quantitative estimate of drug-likeness (QED) is 0.236. The first kappa shape index (κ1) is 23.2. The number of nitrogens with one attached hydrogen (secondary N) is 3. The number of halogens is 2. The van der Waals surface area contributed by atoms with Crippen molar-refractivity contribution in [3.8, 4) is 0 Å². The number of guanidine groups is 1. The second kappa shape index (κ2) is 12.5. The van der Waals surface area contributed by atoms with E-state index in [-0.39, 0.29) is 29.9 Å². The molecule has 1 amide bonds. The number of aliphatic imine (C=N–C) groups is 1. The fraction of sp³-hybridized carbons (Fsp3) is 0.316. The van der Waals surface area contributed by atoms with Crippen LogP contribution in [0.3, 0.4) is 0 Å². The van der Waals surface area contributed by atoms with Crippen molar-refractivity contribution in [3.05, 3.63) is 64.4 Å². The highest BCUT2D eigenvalue weighted by atomic mass is 127. The van der Waals surface area contributed by atoms with Gasteiger partial charge in [0.15, 0.2) is 5.96 Å². The average molecular weight is 502 g/mol. The Hall–Kier alpha value is -1.87. The van der Waals surface area contributed by atoms with Gasteiger partial charge < -0.3 is 16.0 Å². The maximum Gasteiger partial charge on any atom is 0.251 e. The molecule has 0 unspecified atom stereocenters. The molecule has 6 nitrogen and oxygen atoms in total. The van der Waals surface area contributed by atoms with Gasteiger partial charge >= 0.3 is 0 Å². The highest BCUT2D eigenvalue weighted by molar-refractivity contribution is 14.0. The van der Waals surface area contributed by atoms with Gasteiger partial charge in [0.25, 0.3) is 5.91 Å². The number of hydrogen-bond donors (Lipinski definition) is 3. The van der Waals surface area contributed by atoms with Crippen LogP contribution in [0.2, 0.25) is 5.15 Å². The summed E-state index contributed by atoms with van der Waals surface area (Å²) in [6.07, 6.45) is 3.41. The molecule has 146 valence electrons. The molecular weight excluding hydrogens is 477 g/mol. The number of amides is 1. The topological polar surface area (TPSA) is 78.4 Å². The minimum atomic E-state index is -0.0750. The highest BCUT2D eigenvalue weighted by Gasteiger charge is 2.04. The summed E-state index contributed by atoms with van der Waals surface area (Å²) in [6.45, 7) is 1.47. The standard InChI is InChI=1S/C19H24ClN5O.HI/c1-21-18(26)16-5-3-4-14(12-16)8-10-23-19(22-2)24-11-9-15-6-7-17(20)25-13-15;/h3-7,12-13H,8-11H2,1-2H3,(H,21,26)(H2,22,23,24);1H. The molecule has 0 spiro atoms. The van der Waals surface area contributed by atoms with E-state index in [0.29, 0.717) is 10.7 Å². The fourth-order valence-corrected chi connectivity index (χ4v) is 2.55. The zero-order valence-electron chi connectivity index (χ0n) is 15.5. The van der Waals surface area contributed by atoms with Gasteiger partial charge in [0.05, 0.1) is 0 Å². The van der Waals surface area contributed by atoms with Gasteiger partial charge in [-0.05, 0) is 42.2 Å². The van der Waals surface area contributed by atoms with Crippen molar-refractivity contribution in [2.24, 2.45) is 4.99 Å². The van der Waals surface area contributed by atoms with Crippen LogP contribution in [0.1, 0.15) is 21.5 Å². The average Bonchev–Trinajstić information content (AvgIpc) is 2.67. The lowest BCUT2D eigenvalue weighted by Crippen LogP contribution is -2.39. The van der Waals surface area contributed by atoms with E-state index in [0.717, 1.165) is 43.0 Å². The summed E-state index contributed by atoms with van der Waals surface area (Å²) in [7, 11) is 3.37. The van der Waals surface area contributed by atoms with Crippen LogP contribution < -0.4 is 16.0 Å². The van der Waals surface area contributed by atoms with Gasteiger partial charge in [0.1, 0.15) is 5.15 Å². The van der Waals surface area contributed by atoms with E-state index in [1.807, 2.05) is 30.3 Å². The highest BCUT2D eigenvalue weighted by Crippen LogP contribution is 2.06. The maximum atomic E-state index is 11.7. The molecule has 0 aliphatic heterocycles. The number of rotatable bonds is 7. The Kier molecular flexibility index (Phi) is 10.7. The lowest BCUT2D eigenvalue weighted by Gasteiger charge is -2.12. The van der Waals surface area contributed by atoms with Crippen molar-refractivity contribution in [2.45, 2.75) is 12.8 Å². The SMILES string of the molecule is CN=C(NCCc1ccc(Cl)nc1)NCCc1cccc(C(=O)NC)c1.I. The molecule has 2 rings (SSSR count). The van der Waals surface area contributed by atoms with Crippen LogP contribution in [0.5, 0.6) is 0 Å². The molecule has 0 fully saturated rings. The third kappa shape index (κ3) is 8.13. The molecule has 1 aromatic carbocycles. The molecule has 1 aromatic heterocycles. The van der Waals surface area contributed by atoms with Crippen LogP contribution >= 0.6 is 35.6 Å². The van der Waals surface area contributed by atoms with Gasteiger partial charge in [-0.15, -0.1) is 24.0 Å². The van der Waals surface area contributed by atoms with Crippen molar-refractivity contribution in [1.29, 1.82) is 0 Å². The summed E-state index contributed by atoms with van der Waals surface area (Å²) in [5.74, 6) is 0.670. The van der Waals surface area contributed by atoms with Crippen LogP contribution in [-0.4, -0.2) is 44.0 Å². The number of carbonyl (C=O) groups is 1. The molecule has 0 atom stereocenters. The predicted molar refractivity (Wildman–Crippen MR) is 121 cm³/mol. The molecule has 0 saturated heterocycles. The maximum absolute atomic E-state index is 11.7. The Morgan fingerprint density at radius 2 is 1.81 bits per heavy atom. The summed E-state index contributed by atoms with van der Waals surface area (Å²) in [5.41, 5.74) is 2.88. The van der Waals surface area contributed by atoms with E-state index in [2.05, 4.69) is 25.9 Å². The summed E-state index contributed by atoms with van der Waals surface area (Å²) in [5, 5.41) is 9.68. The molecule has 8 heteroatoms. The lowest BCUT2D eigenvalue weighted by molar-refractivity contribution is 0.0963. The number of pyridine rings is 1. The molecule has 0 bridgehead atoms. The van der Waals surface area contributed by atoms with Gasteiger partial charge in [-0.1, -0.05) is 29.8 Å². The molecule has 2 aromatic rings. The molecule has 27 heavy (non-hydrogen) atoms. The third-order valence-electron chi connectivity index (χ3n) is 3.84. The Bertz CT molecular complexity index is 752. The molecule has 1 heterocycles. The minimum Gasteiger partial charge on any atom is -0.356 e. The Morgan fingerprint density at radius 1 is 1.11 bits per heavy atom. The predicted octanol–water partition coefficient (Wildman–Crippen LogP) is 2.66. The van der Waals surface area contributed by atoms with Crippen molar-refractivity contribution in [2.75, 3.05) is 27.2 Å². The second-order valence-corrected chi connectivity index (χ2v) is 6.08. The number of aromatic nitrogens is 1. The first-order valence-electron chi connectivity index (χ1n) is 8.48. The van der Waals surface area contributed by atoms with Crippen LogP contribution in [0.4, 0.5) is 0 Å². The summed E-state index contributed by atoms with van der Waals surface area (Å²) < 4.78 is 0. The number of nitrogens with zero attached hydrogens (tertiary/aromatic N) is 2. The Balaban J connectivity index is 0.00000364. The zero-order valence-corrected chi connectivity index (χ0v) is 18.5. The van der Waals surface area contributed by atoms with Gasteiger partial charge in [-0.2, -0.15) is 0 Å². The van der Waals surface area contributed by atoms with Crippen LogP contribution in [0, 0.1) is 0 Å². The molecule has 0 saturated carbocycles. The van der Waals surface area contributed by atoms with E-state index in [4.69, 9.17) is 11.6 Å². The minimum absolute atomic E-state index is 0. The van der Waals surface area contributed by atoms with Gasteiger partial charge in [-0.3, -0.25) is 9.79 Å². The Morgan fingerprint density at radius 3 is 2.41 bits per heavy atom. The van der Waals surface area contributed by atoms with Crippen molar-refractivity contribution >= 4 is 47.4 Å². The summed E-state index contributed by atoms with van der Waals surface area (Å²) in [4.78, 5) is 20.0. The third-order valence-corrected chi connectivity index (χ3v) is 4.06. The van der Waals surface area contributed by atoms with Crippen molar-refractivity contribution < 1.29 is 4.79 Å². The van der Waals surface area contributed by atoms with Crippen molar-refractivity contribution in [3.63, 3.8) is 0 Å². The number of benzene rings is 1. The molecular formula is C19H25ClIN5O. The fourth-order valence-electron chi connectivity index (χ4n) is 2.44. The van der Waals surface area contributed by atoms with Gasteiger partial charge in [0.2, 0.25) is 0 Å². The molecule has 3 N–H and O–H groups in total. The van der Waals surface area contributed by atoms with Gasteiger partial charge in [-0.25, -0.2) is 4.98 Å². The van der Waals surface area contributed by atoms with E-state index >= 15 is 0 Å². The smallest absolute Gasteiger partial charge is 0.251 e. The largest absolute Gasteiger partial charge is 0.356 e. The van der Waals surface area contributed by atoms with Crippen molar-refractivity contribution in [1.82, 2.24) is 20.9 Å². The normalized spacial score (nSPS) is 10.7. The van der Waals surface area contributed by atoms with Crippen LogP contribution in [-0.2, 0) is 12.8 Å². The lowest BCUT2D eigenvalue weighted by atomic mass is 10.1. The first-order chi connectivity index (χ1) is 12.6. The summed E-state index contributed by atoms with van der Waals surface area (Å²) in [6, 6.07) is 11.4. The molecule has 0 aliphatic rings. The zero-order chi connectivity index (χ0) is 18.8. The van der Waals surface area contributed by atoms with E-state index in [1.165, 1.54) is 0 Å². The monoisotopic (exact) mass is 501 g/mol. The van der Waals surface area contributed by atoms with E-state index < -0.39 is 0 Å². The first-order valence-corrected chi connectivity index (χ1v) is 8.86. The van der Waals surface area contributed by atoms with Crippen LogP contribution in [0.15, 0.2) is 47.6 Å². The van der Waals surface area contributed by atoms with Crippen LogP contribution in [0.25, 0.3) is 0 Å². The number of carbonyl (C=O) groups excluding carboxylic acids is 1. The van der Waals surface area contributed by atoms with Gasteiger partial charge in [0, 0.05) is 38.9 Å². The molecule has 0 radical (unpaired) electrons. The number of hydrogen-bond acceptors (Lipinski definition) is 3. The Labute approximate surface area is 182 Å². The summed E-state index contributed by atoms with van der Waals surface area (Å²) >= 11 is 5.78. The second-order valence-electron chi connectivity index (χ2n) is 5.69. The van der Waals surface area contributed by atoms with E-state index in [9.17, 15) is 4.79 Å².